The van der Waals surface area contributed by atoms with Crippen molar-refractivity contribution in [3.8, 4) is 0 Å². The van der Waals surface area contributed by atoms with Crippen LogP contribution in [-0.2, 0) is 6.42 Å². The molecule has 0 fully saturated rings. The van der Waals surface area contributed by atoms with Crippen LogP contribution in [0.2, 0.25) is 5.02 Å². The SMILES string of the molecule is Clc1ccc2c(c1)CCC2Nc1ccc(Br)cc1Br. The summed E-state index contributed by atoms with van der Waals surface area (Å²) in [6.45, 7) is 0. The third kappa shape index (κ3) is 2.83. The number of rotatable bonds is 2. The molecule has 0 spiro atoms. The molecule has 0 heterocycles. The summed E-state index contributed by atoms with van der Waals surface area (Å²) in [4.78, 5) is 0. The van der Waals surface area contributed by atoms with Gasteiger partial charge in [-0.25, -0.2) is 0 Å². The van der Waals surface area contributed by atoms with E-state index < -0.39 is 0 Å². The summed E-state index contributed by atoms with van der Waals surface area (Å²) < 4.78 is 2.15. The molecule has 0 saturated carbocycles. The average molecular weight is 402 g/mol. The lowest BCUT2D eigenvalue weighted by molar-refractivity contribution is 0.761. The van der Waals surface area contributed by atoms with Crippen LogP contribution < -0.4 is 5.32 Å². The normalized spacial score (nSPS) is 17.3. The van der Waals surface area contributed by atoms with Gasteiger partial charge in [-0.15, -0.1) is 0 Å². The molecule has 0 amide bonds. The molecule has 1 atom stereocenters. The highest BCUT2D eigenvalue weighted by atomic mass is 79.9. The summed E-state index contributed by atoms with van der Waals surface area (Å²) in [6, 6.07) is 12.7. The first-order valence-corrected chi connectivity index (χ1v) is 8.10. The first-order valence-electron chi connectivity index (χ1n) is 6.13. The summed E-state index contributed by atoms with van der Waals surface area (Å²) in [5.74, 6) is 0. The minimum Gasteiger partial charge on any atom is -0.377 e. The molecule has 1 aliphatic carbocycles. The van der Waals surface area contributed by atoms with Crippen molar-refractivity contribution in [3.05, 3.63) is 61.5 Å². The zero-order valence-corrected chi connectivity index (χ0v) is 14.0. The zero-order chi connectivity index (χ0) is 13.4. The molecule has 2 aromatic rings. The van der Waals surface area contributed by atoms with E-state index in [0.717, 1.165) is 32.5 Å². The Kier molecular flexibility index (Phi) is 3.88. The van der Waals surface area contributed by atoms with Gasteiger partial charge in [0.05, 0.1) is 6.04 Å². The van der Waals surface area contributed by atoms with E-state index in [9.17, 15) is 0 Å². The second-order valence-corrected chi connectivity index (χ2v) is 6.91. The third-order valence-corrected chi connectivity index (χ3v) is 4.83. The number of halogens is 3. The highest BCUT2D eigenvalue weighted by molar-refractivity contribution is 9.11. The Balaban J connectivity index is 1.86. The molecule has 0 radical (unpaired) electrons. The van der Waals surface area contributed by atoms with Crippen molar-refractivity contribution in [2.45, 2.75) is 18.9 Å². The highest BCUT2D eigenvalue weighted by Gasteiger charge is 2.22. The Labute approximate surface area is 134 Å². The highest BCUT2D eigenvalue weighted by Crippen LogP contribution is 2.37. The van der Waals surface area contributed by atoms with Gasteiger partial charge in [0.25, 0.3) is 0 Å². The summed E-state index contributed by atoms with van der Waals surface area (Å²) in [6.07, 6.45) is 2.19. The van der Waals surface area contributed by atoms with E-state index in [1.54, 1.807) is 0 Å². The number of aryl methyl sites for hydroxylation is 1. The smallest absolute Gasteiger partial charge is 0.0520 e. The largest absolute Gasteiger partial charge is 0.377 e. The first-order chi connectivity index (χ1) is 9.13. The fraction of sp³-hybridized carbons (Fsp3) is 0.200. The van der Waals surface area contributed by atoms with Crippen molar-refractivity contribution in [3.63, 3.8) is 0 Å². The van der Waals surface area contributed by atoms with E-state index in [1.165, 1.54) is 11.1 Å². The number of hydrogen-bond acceptors (Lipinski definition) is 1. The number of benzene rings is 2. The van der Waals surface area contributed by atoms with Gasteiger partial charge in [-0.3, -0.25) is 0 Å². The Hall–Kier alpha value is -0.510. The lowest BCUT2D eigenvalue weighted by atomic mass is 10.1. The van der Waals surface area contributed by atoms with E-state index in [0.29, 0.717) is 6.04 Å². The molecular formula is C15H12Br2ClN. The molecule has 4 heteroatoms. The molecule has 98 valence electrons. The van der Waals surface area contributed by atoms with Crippen molar-refractivity contribution < 1.29 is 0 Å². The van der Waals surface area contributed by atoms with Crippen LogP contribution in [0.4, 0.5) is 5.69 Å². The van der Waals surface area contributed by atoms with Gasteiger partial charge in [0.15, 0.2) is 0 Å². The topological polar surface area (TPSA) is 12.0 Å². The van der Waals surface area contributed by atoms with Gasteiger partial charge in [0.2, 0.25) is 0 Å². The number of fused-ring (bicyclic) bond motifs is 1. The van der Waals surface area contributed by atoms with Crippen LogP contribution in [-0.4, -0.2) is 0 Å². The van der Waals surface area contributed by atoms with Gasteiger partial charge in [0.1, 0.15) is 0 Å². The van der Waals surface area contributed by atoms with Crippen LogP contribution in [0.1, 0.15) is 23.6 Å². The predicted octanol–water partition coefficient (Wildman–Crippen LogP) is 5.96. The minimum absolute atomic E-state index is 0.366. The van der Waals surface area contributed by atoms with Crippen LogP contribution in [0.3, 0.4) is 0 Å². The van der Waals surface area contributed by atoms with Crippen LogP contribution in [0.25, 0.3) is 0 Å². The standard InChI is InChI=1S/C15H12Br2ClN/c16-10-2-6-15(13(17)8-10)19-14-5-1-9-7-11(18)3-4-12(9)14/h2-4,6-8,14,19H,1,5H2. The van der Waals surface area contributed by atoms with Crippen molar-refractivity contribution in [1.82, 2.24) is 0 Å². The maximum absolute atomic E-state index is 6.04. The lowest BCUT2D eigenvalue weighted by Crippen LogP contribution is -2.07. The zero-order valence-electron chi connectivity index (χ0n) is 10.1. The molecule has 1 nitrogen and oxygen atoms in total. The number of anilines is 1. The number of nitrogens with one attached hydrogen (secondary N) is 1. The Morgan fingerprint density at radius 1 is 1.11 bits per heavy atom. The van der Waals surface area contributed by atoms with Gasteiger partial charge in [-0.05, 0) is 70.2 Å². The molecule has 0 saturated heterocycles. The third-order valence-electron chi connectivity index (χ3n) is 3.44. The maximum atomic E-state index is 6.04. The minimum atomic E-state index is 0.366. The summed E-state index contributed by atoms with van der Waals surface area (Å²) in [5, 5.41) is 4.42. The molecule has 19 heavy (non-hydrogen) atoms. The van der Waals surface area contributed by atoms with Crippen LogP contribution >= 0.6 is 43.5 Å². The van der Waals surface area contributed by atoms with Crippen molar-refractivity contribution in [1.29, 1.82) is 0 Å². The summed E-state index contributed by atoms with van der Waals surface area (Å²) in [7, 11) is 0. The van der Waals surface area contributed by atoms with Crippen LogP contribution in [0.15, 0.2) is 45.3 Å². The molecule has 1 unspecified atom stereocenters. The first kappa shape index (κ1) is 13.5. The molecule has 0 bridgehead atoms. The van der Waals surface area contributed by atoms with Gasteiger partial charge in [-0.1, -0.05) is 33.6 Å². The summed E-state index contributed by atoms with van der Waals surface area (Å²) in [5.41, 5.74) is 3.84. The molecular weight excluding hydrogens is 389 g/mol. The molecule has 0 aliphatic heterocycles. The van der Waals surface area contributed by atoms with Crippen molar-refractivity contribution >= 4 is 49.1 Å². The fourth-order valence-corrected chi connectivity index (χ4v) is 3.89. The van der Waals surface area contributed by atoms with Gasteiger partial charge in [0, 0.05) is 19.7 Å². The summed E-state index contributed by atoms with van der Waals surface area (Å²) >= 11 is 13.1. The molecule has 1 aliphatic rings. The van der Waals surface area contributed by atoms with Crippen molar-refractivity contribution in [2.75, 3.05) is 5.32 Å². The molecule has 2 aromatic carbocycles. The van der Waals surface area contributed by atoms with Gasteiger partial charge < -0.3 is 5.32 Å². The van der Waals surface area contributed by atoms with Crippen LogP contribution in [0.5, 0.6) is 0 Å². The Bertz CT molecular complexity index is 628. The second kappa shape index (κ2) is 5.47. The van der Waals surface area contributed by atoms with Gasteiger partial charge in [-0.2, -0.15) is 0 Å². The Morgan fingerprint density at radius 3 is 2.74 bits per heavy atom. The fourth-order valence-electron chi connectivity index (χ4n) is 2.53. The quantitative estimate of drug-likeness (QED) is 0.654. The van der Waals surface area contributed by atoms with Crippen LogP contribution in [0, 0.1) is 0 Å². The van der Waals surface area contributed by atoms with E-state index in [4.69, 9.17) is 11.6 Å². The number of hydrogen-bond donors (Lipinski definition) is 1. The van der Waals surface area contributed by atoms with Gasteiger partial charge >= 0.3 is 0 Å². The van der Waals surface area contributed by atoms with E-state index in [2.05, 4.69) is 61.4 Å². The van der Waals surface area contributed by atoms with Crippen molar-refractivity contribution in [2.24, 2.45) is 0 Å². The molecule has 0 aromatic heterocycles. The lowest BCUT2D eigenvalue weighted by Gasteiger charge is -2.17. The average Bonchev–Trinajstić information content (AvgIpc) is 2.75. The maximum Gasteiger partial charge on any atom is 0.0520 e. The Morgan fingerprint density at radius 2 is 1.95 bits per heavy atom. The monoisotopic (exact) mass is 399 g/mol. The van der Waals surface area contributed by atoms with E-state index in [-0.39, 0.29) is 0 Å². The second-order valence-electron chi connectivity index (χ2n) is 4.70. The molecule has 3 rings (SSSR count). The van der Waals surface area contributed by atoms with E-state index in [1.807, 2.05) is 12.1 Å². The predicted molar refractivity (Wildman–Crippen MR) is 88.0 cm³/mol. The molecule has 1 N–H and O–H groups in total. The van der Waals surface area contributed by atoms with E-state index >= 15 is 0 Å².